The van der Waals surface area contributed by atoms with Crippen molar-refractivity contribution in [3.8, 4) is 11.5 Å². The molecule has 0 saturated heterocycles. The Labute approximate surface area is 152 Å². The maximum Gasteiger partial charge on any atom is 0.191 e. The summed E-state index contributed by atoms with van der Waals surface area (Å²) in [6.07, 6.45) is 3.26. The lowest BCUT2D eigenvalue weighted by atomic mass is 10.2. The van der Waals surface area contributed by atoms with Gasteiger partial charge in [-0.2, -0.15) is 0 Å². The third-order valence-electron chi connectivity index (χ3n) is 3.61. The van der Waals surface area contributed by atoms with Gasteiger partial charge in [-0.25, -0.2) is 0 Å². The highest BCUT2D eigenvalue weighted by molar-refractivity contribution is 5.79. The van der Waals surface area contributed by atoms with Gasteiger partial charge in [-0.05, 0) is 37.5 Å². The van der Waals surface area contributed by atoms with Crippen LogP contribution in [0.1, 0.15) is 38.7 Å². The topological polar surface area (TPSA) is 64.1 Å². The normalized spacial score (nSPS) is 11.3. The van der Waals surface area contributed by atoms with Crippen molar-refractivity contribution in [1.82, 2.24) is 10.6 Å². The second-order valence-electron chi connectivity index (χ2n) is 5.59. The molecule has 0 unspecified atom stereocenters. The fourth-order valence-corrected chi connectivity index (χ4v) is 2.23. The monoisotopic (exact) mass is 351 g/mol. The maximum absolute atomic E-state index is 5.55. The third-order valence-corrected chi connectivity index (χ3v) is 3.61. The van der Waals surface area contributed by atoms with E-state index in [1.807, 2.05) is 25.1 Å². The highest BCUT2D eigenvalue weighted by atomic mass is 16.5. The standard InChI is InChI=1S/C19H33N3O3/c1-5-7-12-24-13-8-11-21-19(20-3)22-15-16-9-10-17(25-6-2)18(14-16)23-4/h9-10,14H,5-8,11-13,15H2,1-4H3,(H2,20,21,22). The van der Waals surface area contributed by atoms with Crippen molar-refractivity contribution >= 4 is 5.96 Å². The summed E-state index contributed by atoms with van der Waals surface area (Å²) < 4.78 is 16.5. The Hall–Kier alpha value is -1.95. The Morgan fingerprint density at radius 2 is 1.88 bits per heavy atom. The number of hydrogen-bond acceptors (Lipinski definition) is 4. The van der Waals surface area contributed by atoms with E-state index in [2.05, 4.69) is 22.5 Å². The van der Waals surface area contributed by atoms with Crippen molar-refractivity contribution in [2.75, 3.05) is 40.5 Å². The van der Waals surface area contributed by atoms with E-state index in [0.717, 1.165) is 55.6 Å². The molecular weight excluding hydrogens is 318 g/mol. The molecule has 142 valence electrons. The largest absolute Gasteiger partial charge is 0.493 e. The van der Waals surface area contributed by atoms with Crippen LogP contribution in [0.2, 0.25) is 0 Å². The molecular formula is C19H33N3O3. The number of nitrogens with zero attached hydrogens (tertiary/aromatic N) is 1. The minimum Gasteiger partial charge on any atom is -0.493 e. The van der Waals surface area contributed by atoms with Gasteiger partial charge >= 0.3 is 0 Å². The SMILES string of the molecule is CCCCOCCCNC(=NC)NCc1ccc(OCC)c(OC)c1. The summed E-state index contributed by atoms with van der Waals surface area (Å²) in [5.41, 5.74) is 1.10. The van der Waals surface area contributed by atoms with Crippen LogP contribution >= 0.6 is 0 Å². The number of nitrogens with one attached hydrogen (secondary N) is 2. The molecule has 1 aromatic carbocycles. The molecule has 6 nitrogen and oxygen atoms in total. The summed E-state index contributed by atoms with van der Waals surface area (Å²) in [7, 11) is 3.42. The van der Waals surface area contributed by atoms with Crippen LogP contribution in [-0.4, -0.2) is 46.5 Å². The van der Waals surface area contributed by atoms with Crippen LogP contribution in [0.5, 0.6) is 11.5 Å². The van der Waals surface area contributed by atoms with Crippen molar-refractivity contribution in [2.24, 2.45) is 4.99 Å². The number of methoxy groups -OCH3 is 1. The second-order valence-corrected chi connectivity index (χ2v) is 5.59. The van der Waals surface area contributed by atoms with E-state index < -0.39 is 0 Å². The molecule has 0 amide bonds. The average Bonchev–Trinajstić information content (AvgIpc) is 2.64. The minimum absolute atomic E-state index is 0.618. The molecule has 0 spiro atoms. The number of aliphatic imine (C=N–C) groups is 1. The molecule has 0 aliphatic carbocycles. The van der Waals surface area contributed by atoms with Crippen LogP contribution in [0, 0.1) is 0 Å². The Kier molecular flexibility index (Phi) is 11.3. The fourth-order valence-electron chi connectivity index (χ4n) is 2.23. The quantitative estimate of drug-likeness (QED) is 0.344. The molecule has 6 heteroatoms. The first-order chi connectivity index (χ1) is 12.2. The Balaban J connectivity index is 2.34. The van der Waals surface area contributed by atoms with E-state index in [1.54, 1.807) is 14.2 Å². The van der Waals surface area contributed by atoms with Crippen LogP contribution in [0.15, 0.2) is 23.2 Å². The van der Waals surface area contributed by atoms with Gasteiger partial charge in [-0.1, -0.05) is 19.4 Å². The first-order valence-corrected chi connectivity index (χ1v) is 9.07. The van der Waals surface area contributed by atoms with Gasteiger partial charge in [0.1, 0.15) is 0 Å². The smallest absolute Gasteiger partial charge is 0.191 e. The van der Waals surface area contributed by atoms with Crippen LogP contribution in [0.25, 0.3) is 0 Å². The summed E-state index contributed by atoms with van der Waals surface area (Å²) >= 11 is 0. The Morgan fingerprint density at radius 3 is 2.56 bits per heavy atom. The van der Waals surface area contributed by atoms with Gasteiger partial charge in [0.05, 0.1) is 13.7 Å². The molecule has 0 saturated carbocycles. The predicted molar refractivity (Wildman–Crippen MR) is 103 cm³/mol. The van der Waals surface area contributed by atoms with Gasteiger partial charge in [0, 0.05) is 33.4 Å². The highest BCUT2D eigenvalue weighted by Crippen LogP contribution is 2.27. The van der Waals surface area contributed by atoms with Crippen molar-refractivity contribution in [2.45, 2.75) is 39.7 Å². The predicted octanol–water partition coefficient (Wildman–Crippen LogP) is 2.97. The number of guanidine groups is 1. The van der Waals surface area contributed by atoms with Crippen molar-refractivity contribution in [3.63, 3.8) is 0 Å². The first kappa shape index (κ1) is 21.1. The number of unbranched alkanes of at least 4 members (excludes halogenated alkanes) is 1. The lowest BCUT2D eigenvalue weighted by Gasteiger charge is -2.14. The van der Waals surface area contributed by atoms with Crippen LogP contribution < -0.4 is 20.1 Å². The van der Waals surface area contributed by atoms with Gasteiger partial charge < -0.3 is 24.8 Å². The van der Waals surface area contributed by atoms with Gasteiger partial charge in [0.15, 0.2) is 17.5 Å². The van der Waals surface area contributed by atoms with E-state index in [-0.39, 0.29) is 0 Å². The molecule has 0 heterocycles. The molecule has 1 aromatic rings. The third kappa shape index (κ3) is 8.63. The van der Waals surface area contributed by atoms with Gasteiger partial charge in [-0.3, -0.25) is 4.99 Å². The second kappa shape index (κ2) is 13.4. The fraction of sp³-hybridized carbons (Fsp3) is 0.632. The molecule has 25 heavy (non-hydrogen) atoms. The zero-order valence-corrected chi connectivity index (χ0v) is 16.1. The van der Waals surface area contributed by atoms with Crippen LogP contribution in [0.3, 0.4) is 0 Å². The summed E-state index contributed by atoms with van der Waals surface area (Å²) in [5, 5.41) is 6.60. The van der Waals surface area contributed by atoms with E-state index in [0.29, 0.717) is 13.2 Å². The summed E-state index contributed by atoms with van der Waals surface area (Å²) in [6.45, 7) is 7.86. The maximum atomic E-state index is 5.55. The Bertz CT molecular complexity index is 507. The first-order valence-electron chi connectivity index (χ1n) is 9.07. The molecule has 0 aliphatic rings. The number of hydrogen-bond donors (Lipinski definition) is 2. The van der Waals surface area contributed by atoms with Crippen molar-refractivity contribution in [3.05, 3.63) is 23.8 Å². The average molecular weight is 351 g/mol. The molecule has 0 atom stereocenters. The molecule has 0 aromatic heterocycles. The highest BCUT2D eigenvalue weighted by Gasteiger charge is 2.06. The molecule has 0 aliphatic heterocycles. The minimum atomic E-state index is 0.618. The van der Waals surface area contributed by atoms with Crippen molar-refractivity contribution < 1.29 is 14.2 Å². The number of ether oxygens (including phenoxy) is 3. The Morgan fingerprint density at radius 1 is 1.08 bits per heavy atom. The van der Waals surface area contributed by atoms with E-state index in [1.165, 1.54) is 6.42 Å². The van der Waals surface area contributed by atoms with E-state index in [9.17, 15) is 0 Å². The van der Waals surface area contributed by atoms with Gasteiger partial charge in [0.25, 0.3) is 0 Å². The van der Waals surface area contributed by atoms with Crippen LogP contribution in [-0.2, 0) is 11.3 Å². The molecule has 0 bridgehead atoms. The summed E-state index contributed by atoms with van der Waals surface area (Å²) in [4.78, 5) is 4.24. The lowest BCUT2D eigenvalue weighted by Crippen LogP contribution is -2.37. The van der Waals surface area contributed by atoms with Crippen molar-refractivity contribution in [1.29, 1.82) is 0 Å². The summed E-state index contributed by atoms with van der Waals surface area (Å²) in [5.74, 6) is 2.29. The summed E-state index contributed by atoms with van der Waals surface area (Å²) in [6, 6.07) is 5.94. The number of rotatable bonds is 12. The van der Waals surface area contributed by atoms with E-state index in [4.69, 9.17) is 14.2 Å². The molecule has 2 N–H and O–H groups in total. The number of benzene rings is 1. The lowest BCUT2D eigenvalue weighted by molar-refractivity contribution is 0.129. The zero-order valence-electron chi connectivity index (χ0n) is 16.1. The molecule has 0 radical (unpaired) electrons. The molecule has 0 fully saturated rings. The van der Waals surface area contributed by atoms with Gasteiger partial charge in [-0.15, -0.1) is 0 Å². The van der Waals surface area contributed by atoms with E-state index >= 15 is 0 Å². The molecule has 1 rings (SSSR count). The van der Waals surface area contributed by atoms with Gasteiger partial charge in [0.2, 0.25) is 0 Å². The zero-order chi connectivity index (χ0) is 18.3. The van der Waals surface area contributed by atoms with Crippen LogP contribution in [0.4, 0.5) is 0 Å².